The topological polar surface area (TPSA) is 35.5 Å². The average molecular weight is 367 g/mol. The van der Waals surface area contributed by atoms with E-state index in [1.165, 1.54) is 11.6 Å². The normalized spacial score (nSPS) is 11.9. The lowest BCUT2D eigenvalue weighted by atomic mass is 9.92. The molecule has 0 aliphatic rings. The summed E-state index contributed by atoms with van der Waals surface area (Å²) in [6.07, 6.45) is 4.33. The summed E-state index contributed by atoms with van der Waals surface area (Å²) >= 11 is 0. The second-order valence-corrected chi connectivity index (χ2v) is 6.92. The number of esters is 1. The monoisotopic (exact) mass is 366 g/mol. The number of para-hydroxylation sites is 1. The zero-order chi connectivity index (χ0) is 19.6. The highest BCUT2D eigenvalue weighted by Gasteiger charge is 2.18. The first kappa shape index (κ1) is 20.8. The summed E-state index contributed by atoms with van der Waals surface area (Å²) in [5.41, 5.74) is 3.42. The van der Waals surface area contributed by atoms with E-state index < -0.39 is 12.3 Å². The van der Waals surface area contributed by atoms with Crippen LogP contribution in [0.3, 0.4) is 0 Å². The summed E-state index contributed by atoms with van der Waals surface area (Å²) in [4.78, 5) is 11.7. The van der Waals surface area contributed by atoms with E-state index in [0.29, 0.717) is 12.3 Å². The van der Waals surface area contributed by atoms with Crippen LogP contribution in [-0.2, 0) is 9.53 Å². The molecule has 3 heteroatoms. The summed E-state index contributed by atoms with van der Waals surface area (Å²) in [5, 5.41) is 0. The van der Waals surface area contributed by atoms with Gasteiger partial charge in [-0.15, -0.1) is 0 Å². The van der Waals surface area contributed by atoms with Crippen molar-refractivity contribution >= 4 is 5.97 Å². The highest BCUT2D eigenvalue weighted by atomic mass is 16.7. The molecule has 0 saturated carbocycles. The molecule has 144 valence electrons. The Morgan fingerprint density at radius 2 is 1.70 bits per heavy atom. The van der Waals surface area contributed by atoms with Gasteiger partial charge >= 0.3 is 5.97 Å². The lowest BCUT2D eigenvalue weighted by molar-refractivity contribution is -0.158. The molecule has 0 aromatic heterocycles. The molecule has 0 aliphatic carbocycles. The van der Waals surface area contributed by atoms with Crippen LogP contribution < -0.4 is 4.74 Å². The van der Waals surface area contributed by atoms with Crippen molar-refractivity contribution < 1.29 is 14.3 Å². The van der Waals surface area contributed by atoms with Crippen LogP contribution in [0.25, 0.3) is 11.1 Å². The smallest absolute Gasteiger partial charge is 0.333 e. The third-order valence-electron chi connectivity index (χ3n) is 4.48. The molecule has 0 spiro atoms. The van der Waals surface area contributed by atoms with Crippen LogP contribution in [0.2, 0.25) is 0 Å². The standard InChI is InChI=1S/C24H30O3/c1-5-7-8-17-24(27-23(25)6-2)26-22-16-12-11-15-21(22)20-14-10-9-13-19(20)18(3)4/h6,9-16,18,24H,2,5,7-8,17H2,1,3-4H3. The molecule has 27 heavy (non-hydrogen) atoms. The summed E-state index contributed by atoms with van der Waals surface area (Å²) in [6.45, 7) is 9.99. The first-order valence-electron chi connectivity index (χ1n) is 9.74. The fourth-order valence-electron chi connectivity index (χ4n) is 3.06. The van der Waals surface area contributed by atoms with Crippen molar-refractivity contribution in [1.29, 1.82) is 0 Å². The minimum atomic E-state index is -0.616. The molecule has 1 atom stereocenters. The summed E-state index contributed by atoms with van der Waals surface area (Å²) in [7, 11) is 0. The van der Waals surface area contributed by atoms with Crippen LogP contribution in [0.1, 0.15) is 57.9 Å². The van der Waals surface area contributed by atoms with E-state index in [-0.39, 0.29) is 0 Å². The van der Waals surface area contributed by atoms with E-state index in [0.717, 1.165) is 36.1 Å². The van der Waals surface area contributed by atoms with E-state index in [1.807, 2.05) is 24.3 Å². The second-order valence-electron chi connectivity index (χ2n) is 6.92. The van der Waals surface area contributed by atoms with Gasteiger partial charge in [0.2, 0.25) is 6.29 Å². The third-order valence-corrected chi connectivity index (χ3v) is 4.48. The molecule has 0 heterocycles. The highest BCUT2D eigenvalue weighted by molar-refractivity contribution is 5.81. The van der Waals surface area contributed by atoms with Gasteiger partial charge in [-0.2, -0.15) is 0 Å². The Morgan fingerprint density at radius 3 is 2.37 bits per heavy atom. The van der Waals surface area contributed by atoms with E-state index in [9.17, 15) is 4.79 Å². The molecule has 1 unspecified atom stereocenters. The SMILES string of the molecule is C=CC(=O)OC(CCCCC)Oc1ccccc1-c1ccccc1C(C)C. The van der Waals surface area contributed by atoms with Gasteiger partial charge in [0.15, 0.2) is 0 Å². The van der Waals surface area contributed by atoms with E-state index in [1.54, 1.807) is 0 Å². The Labute approximate surface area is 163 Å². The Morgan fingerprint density at radius 1 is 1.04 bits per heavy atom. The van der Waals surface area contributed by atoms with Crippen molar-refractivity contribution in [3.05, 3.63) is 66.7 Å². The van der Waals surface area contributed by atoms with Crippen molar-refractivity contribution in [2.75, 3.05) is 0 Å². The molecular formula is C24H30O3. The molecule has 0 radical (unpaired) electrons. The van der Waals surface area contributed by atoms with Crippen LogP contribution in [0.4, 0.5) is 0 Å². The van der Waals surface area contributed by atoms with E-state index in [2.05, 4.69) is 51.6 Å². The van der Waals surface area contributed by atoms with Crippen LogP contribution in [0.5, 0.6) is 5.75 Å². The number of hydrogen-bond donors (Lipinski definition) is 0. The van der Waals surface area contributed by atoms with Gasteiger partial charge < -0.3 is 9.47 Å². The van der Waals surface area contributed by atoms with Gasteiger partial charge in [0.1, 0.15) is 5.75 Å². The first-order chi connectivity index (χ1) is 13.1. The summed E-state index contributed by atoms with van der Waals surface area (Å²) in [5.74, 6) is 0.661. The maximum Gasteiger partial charge on any atom is 0.333 e. The van der Waals surface area contributed by atoms with Crippen molar-refractivity contribution in [2.45, 2.75) is 58.7 Å². The Bertz CT molecular complexity index is 749. The van der Waals surface area contributed by atoms with Gasteiger partial charge in [0, 0.05) is 18.1 Å². The molecule has 2 rings (SSSR count). The summed E-state index contributed by atoms with van der Waals surface area (Å²) < 4.78 is 11.6. The minimum Gasteiger partial charge on any atom is -0.454 e. The number of rotatable bonds is 10. The van der Waals surface area contributed by atoms with Gasteiger partial charge in [-0.05, 0) is 29.5 Å². The number of carbonyl (C=O) groups is 1. The fourth-order valence-corrected chi connectivity index (χ4v) is 3.06. The third kappa shape index (κ3) is 5.99. The average Bonchev–Trinajstić information content (AvgIpc) is 2.68. The molecule has 0 N–H and O–H groups in total. The molecule has 3 nitrogen and oxygen atoms in total. The maximum atomic E-state index is 11.7. The largest absolute Gasteiger partial charge is 0.454 e. The van der Waals surface area contributed by atoms with Crippen LogP contribution in [0.15, 0.2) is 61.2 Å². The number of carbonyl (C=O) groups excluding carboxylic acids is 1. The Balaban J connectivity index is 2.32. The highest BCUT2D eigenvalue weighted by Crippen LogP contribution is 2.36. The molecule has 0 saturated heterocycles. The molecule has 0 fully saturated rings. The molecule has 0 amide bonds. The van der Waals surface area contributed by atoms with E-state index in [4.69, 9.17) is 9.47 Å². The fraction of sp³-hybridized carbons (Fsp3) is 0.375. The van der Waals surface area contributed by atoms with Gasteiger partial charge in [-0.1, -0.05) is 82.7 Å². The van der Waals surface area contributed by atoms with Gasteiger partial charge in [0.25, 0.3) is 0 Å². The quantitative estimate of drug-likeness (QED) is 0.209. The maximum absolute atomic E-state index is 11.7. The molecule has 2 aromatic carbocycles. The number of benzene rings is 2. The Kier molecular flexibility index (Phi) is 8.12. The van der Waals surface area contributed by atoms with E-state index >= 15 is 0 Å². The minimum absolute atomic E-state index is 0.396. The van der Waals surface area contributed by atoms with Gasteiger partial charge in [0.05, 0.1) is 0 Å². The first-order valence-corrected chi connectivity index (χ1v) is 9.74. The lowest BCUT2D eigenvalue weighted by Crippen LogP contribution is -2.23. The van der Waals surface area contributed by atoms with Gasteiger partial charge in [-0.3, -0.25) is 0 Å². The molecule has 0 bridgehead atoms. The van der Waals surface area contributed by atoms with Crippen molar-refractivity contribution in [1.82, 2.24) is 0 Å². The van der Waals surface area contributed by atoms with Crippen LogP contribution >= 0.6 is 0 Å². The van der Waals surface area contributed by atoms with Crippen molar-refractivity contribution in [3.8, 4) is 16.9 Å². The number of hydrogen-bond acceptors (Lipinski definition) is 3. The van der Waals surface area contributed by atoms with Gasteiger partial charge in [-0.25, -0.2) is 4.79 Å². The van der Waals surface area contributed by atoms with Crippen molar-refractivity contribution in [2.24, 2.45) is 0 Å². The van der Waals surface area contributed by atoms with Crippen molar-refractivity contribution in [3.63, 3.8) is 0 Å². The zero-order valence-corrected chi connectivity index (χ0v) is 16.6. The predicted octanol–water partition coefficient (Wildman–Crippen LogP) is 6.49. The number of unbranched alkanes of at least 4 members (excludes halogenated alkanes) is 2. The summed E-state index contributed by atoms with van der Waals surface area (Å²) in [6, 6.07) is 16.3. The Hall–Kier alpha value is -2.55. The molecule has 0 aliphatic heterocycles. The predicted molar refractivity (Wildman–Crippen MR) is 111 cm³/mol. The molecular weight excluding hydrogens is 336 g/mol. The van der Waals surface area contributed by atoms with Crippen LogP contribution in [-0.4, -0.2) is 12.3 Å². The number of ether oxygens (including phenoxy) is 2. The zero-order valence-electron chi connectivity index (χ0n) is 16.6. The van der Waals surface area contributed by atoms with Crippen LogP contribution in [0, 0.1) is 0 Å². The second kappa shape index (κ2) is 10.6. The lowest BCUT2D eigenvalue weighted by Gasteiger charge is -2.22. The molecule has 2 aromatic rings.